The number of rotatable bonds is 3. The van der Waals surface area contributed by atoms with Crippen LogP contribution in [-0.2, 0) is 14.8 Å². The molecule has 0 bridgehead atoms. The van der Waals surface area contributed by atoms with E-state index in [0.29, 0.717) is 44.0 Å². The summed E-state index contributed by atoms with van der Waals surface area (Å²) in [7, 11) is -3.50. The van der Waals surface area contributed by atoms with Crippen LogP contribution < -0.4 is 9.64 Å². The van der Waals surface area contributed by atoms with Gasteiger partial charge in [0.25, 0.3) is 0 Å². The molecule has 6 nitrogen and oxygen atoms in total. The molecule has 2 aliphatic heterocycles. The number of benzene rings is 2. The molecule has 0 saturated carbocycles. The van der Waals surface area contributed by atoms with Gasteiger partial charge in [-0.15, -0.1) is 0 Å². The smallest absolute Gasteiger partial charge is 0.243 e. The van der Waals surface area contributed by atoms with Crippen molar-refractivity contribution in [2.45, 2.75) is 17.7 Å². The lowest BCUT2D eigenvalue weighted by molar-refractivity contribution is -0.123. The predicted molar refractivity (Wildman–Crippen MR) is 102 cm³/mol. The van der Waals surface area contributed by atoms with Crippen LogP contribution in [0.1, 0.15) is 12.8 Å². The number of nitrogens with zero attached hydrogens (tertiary/aromatic N) is 2. The summed E-state index contributed by atoms with van der Waals surface area (Å²) < 4.78 is 32.6. The molecule has 0 aromatic heterocycles. The van der Waals surface area contributed by atoms with Crippen molar-refractivity contribution in [3.63, 3.8) is 0 Å². The molecule has 0 unspecified atom stereocenters. The zero-order valence-corrected chi connectivity index (χ0v) is 15.8. The number of carbonyl (C=O) groups excluding carboxylic acids is 1. The monoisotopic (exact) mass is 386 g/mol. The number of para-hydroxylation sites is 2. The lowest BCUT2D eigenvalue weighted by Gasteiger charge is -2.35. The van der Waals surface area contributed by atoms with Gasteiger partial charge in [-0.3, -0.25) is 4.79 Å². The van der Waals surface area contributed by atoms with E-state index in [-0.39, 0.29) is 11.8 Å². The molecule has 0 atom stereocenters. The summed E-state index contributed by atoms with van der Waals surface area (Å²) in [4.78, 5) is 15.1. The van der Waals surface area contributed by atoms with E-state index in [0.717, 1.165) is 11.4 Å². The van der Waals surface area contributed by atoms with Crippen LogP contribution in [0.25, 0.3) is 0 Å². The first-order valence-corrected chi connectivity index (χ1v) is 10.6. The van der Waals surface area contributed by atoms with Crippen LogP contribution in [0.15, 0.2) is 59.5 Å². The Morgan fingerprint density at radius 1 is 0.926 bits per heavy atom. The normalized spacial score (nSPS) is 18.6. The topological polar surface area (TPSA) is 66.9 Å². The average molecular weight is 386 g/mol. The summed E-state index contributed by atoms with van der Waals surface area (Å²) in [6.45, 7) is 1.72. The molecule has 7 heteroatoms. The molecule has 0 radical (unpaired) electrons. The van der Waals surface area contributed by atoms with Crippen molar-refractivity contribution in [3.8, 4) is 5.75 Å². The van der Waals surface area contributed by atoms with Gasteiger partial charge in [0.15, 0.2) is 0 Å². The minimum atomic E-state index is -3.50. The lowest BCUT2D eigenvalue weighted by atomic mass is 9.96. The quantitative estimate of drug-likeness (QED) is 0.813. The third kappa shape index (κ3) is 3.44. The summed E-state index contributed by atoms with van der Waals surface area (Å²) in [5, 5.41) is 0. The van der Waals surface area contributed by atoms with Crippen molar-refractivity contribution in [1.29, 1.82) is 0 Å². The van der Waals surface area contributed by atoms with Crippen LogP contribution in [0, 0.1) is 5.92 Å². The van der Waals surface area contributed by atoms with Crippen molar-refractivity contribution in [3.05, 3.63) is 54.6 Å². The molecule has 1 amide bonds. The molecule has 0 spiro atoms. The number of fused-ring (bicyclic) bond motifs is 1. The van der Waals surface area contributed by atoms with E-state index in [9.17, 15) is 13.2 Å². The van der Waals surface area contributed by atoms with Crippen molar-refractivity contribution < 1.29 is 17.9 Å². The maximum atomic E-state index is 13.0. The van der Waals surface area contributed by atoms with Gasteiger partial charge in [-0.2, -0.15) is 4.31 Å². The third-order valence-corrected chi connectivity index (χ3v) is 7.09. The molecule has 2 aromatic rings. The Labute approximate surface area is 159 Å². The van der Waals surface area contributed by atoms with Crippen LogP contribution >= 0.6 is 0 Å². The minimum Gasteiger partial charge on any atom is -0.490 e. The fraction of sp³-hybridized carbons (Fsp3) is 0.350. The second-order valence-corrected chi connectivity index (χ2v) is 8.74. The number of anilines is 1. The van der Waals surface area contributed by atoms with Crippen LogP contribution in [0.2, 0.25) is 0 Å². The van der Waals surface area contributed by atoms with Gasteiger partial charge in [0, 0.05) is 19.0 Å². The standard InChI is InChI=1S/C20H22N2O4S/c23-20(22-14-15-26-19-9-5-4-8-18(19)22)16-10-12-21(13-11-16)27(24,25)17-6-2-1-3-7-17/h1-9,16H,10-15H2. The number of amides is 1. The molecule has 4 rings (SSSR count). The second kappa shape index (κ2) is 7.32. The molecule has 1 saturated heterocycles. The SMILES string of the molecule is O=C(C1CCN(S(=O)(=O)c2ccccc2)CC1)N1CCOc2ccccc21. The number of ether oxygens (including phenoxy) is 1. The second-order valence-electron chi connectivity index (χ2n) is 6.80. The van der Waals surface area contributed by atoms with Crippen LogP contribution in [-0.4, -0.2) is 44.9 Å². The van der Waals surface area contributed by atoms with E-state index >= 15 is 0 Å². The summed E-state index contributed by atoms with van der Waals surface area (Å²) in [5.74, 6) is 0.613. The molecular formula is C20H22N2O4S. The van der Waals surface area contributed by atoms with Crippen molar-refractivity contribution in [1.82, 2.24) is 4.31 Å². The van der Waals surface area contributed by atoms with E-state index in [1.54, 1.807) is 35.2 Å². The lowest BCUT2D eigenvalue weighted by Crippen LogP contribution is -2.46. The summed E-state index contributed by atoms with van der Waals surface area (Å²) >= 11 is 0. The Kier molecular flexibility index (Phi) is 4.88. The highest BCUT2D eigenvalue weighted by Crippen LogP contribution is 2.33. The van der Waals surface area contributed by atoms with Gasteiger partial charge in [0.1, 0.15) is 12.4 Å². The molecule has 142 valence electrons. The van der Waals surface area contributed by atoms with Gasteiger partial charge >= 0.3 is 0 Å². The van der Waals surface area contributed by atoms with Gasteiger partial charge in [-0.05, 0) is 37.1 Å². The Hall–Kier alpha value is -2.38. The van der Waals surface area contributed by atoms with E-state index in [1.807, 2.05) is 24.3 Å². The summed E-state index contributed by atoms with van der Waals surface area (Å²) in [6, 6.07) is 16.0. The Balaban J connectivity index is 1.45. The van der Waals surface area contributed by atoms with Crippen molar-refractivity contribution >= 4 is 21.6 Å². The summed E-state index contributed by atoms with van der Waals surface area (Å²) in [6.07, 6.45) is 1.06. The maximum Gasteiger partial charge on any atom is 0.243 e. The predicted octanol–water partition coefficient (Wildman–Crippen LogP) is 2.51. The van der Waals surface area contributed by atoms with Gasteiger partial charge < -0.3 is 9.64 Å². The van der Waals surface area contributed by atoms with Crippen molar-refractivity contribution in [2.75, 3.05) is 31.1 Å². The van der Waals surface area contributed by atoms with E-state index < -0.39 is 10.0 Å². The third-order valence-electron chi connectivity index (χ3n) is 5.18. The largest absolute Gasteiger partial charge is 0.490 e. The van der Waals surface area contributed by atoms with Crippen LogP contribution in [0.3, 0.4) is 0 Å². The highest BCUT2D eigenvalue weighted by Gasteiger charge is 2.35. The molecule has 1 fully saturated rings. The fourth-order valence-corrected chi connectivity index (χ4v) is 5.19. The highest BCUT2D eigenvalue weighted by atomic mass is 32.2. The molecular weight excluding hydrogens is 364 g/mol. The number of sulfonamides is 1. The number of carbonyl (C=O) groups is 1. The average Bonchev–Trinajstić information content (AvgIpc) is 2.73. The molecule has 27 heavy (non-hydrogen) atoms. The first-order valence-electron chi connectivity index (χ1n) is 9.16. The number of hydrogen-bond acceptors (Lipinski definition) is 4. The zero-order valence-electron chi connectivity index (χ0n) is 15.0. The van der Waals surface area contributed by atoms with E-state index in [2.05, 4.69) is 0 Å². The Morgan fingerprint density at radius 3 is 2.33 bits per heavy atom. The van der Waals surface area contributed by atoms with E-state index in [4.69, 9.17) is 4.74 Å². The van der Waals surface area contributed by atoms with Crippen LogP contribution in [0.5, 0.6) is 5.75 Å². The number of piperidine rings is 1. The molecule has 2 heterocycles. The van der Waals surface area contributed by atoms with Crippen molar-refractivity contribution in [2.24, 2.45) is 5.92 Å². The molecule has 0 aliphatic carbocycles. The Bertz CT molecular complexity index is 922. The van der Waals surface area contributed by atoms with Gasteiger partial charge in [0.2, 0.25) is 15.9 Å². The molecule has 0 N–H and O–H groups in total. The molecule has 2 aliphatic rings. The van der Waals surface area contributed by atoms with Gasteiger partial charge in [-0.1, -0.05) is 30.3 Å². The number of hydrogen-bond donors (Lipinski definition) is 0. The van der Waals surface area contributed by atoms with Crippen LogP contribution in [0.4, 0.5) is 5.69 Å². The maximum absolute atomic E-state index is 13.0. The first kappa shape index (κ1) is 18.0. The molecule has 2 aromatic carbocycles. The Morgan fingerprint density at radius 2 is 1.59 bits per heavy atom. The van der Waals surface area contributed by atoms with Gasteiger partial charge in [-0.25, -0.2) is 8.42 Å². The van der Waals surface area contributed by atoms with E-state index in [1.165, 1.54) is 4.31 Å². The minimum absolute atomic E-state index is 0.0579. The highest BCUT2D eigenvalue weighted by molar-refractivity contribution is 7.89. The van der Waals surface area contributed by atoms with Gasteiger partial charge in [0.05, 0.1) is 17.1 Å². The first-order chi connectivity index (χ1) is 13.1. The summed E-state index contributed by atoms with van der Waals surface area (Å²) in [5.41, 5.74) is 0.799. The zero-order chi connectivity index (χ0) is 18.9. The fourth-order valence-electron chi connectivity index (χ4n) is 3.70.